The maximum Gasteiger partial charge on any atom is 0.225 e. The number of carbonyl (C=O) groups is 1. The standard InChI is InChI=1S/C19H28N2O4S/c1-26(23,24)21-13-9-17(10-14-21)19(22)20-11-7-16(8-12-20)15-25-18-5-3-2-4-6-18/h2-6,16-17H,7-15H2,1H3. The fraction of sp³-hybridized carbons (Fsp3) is 0.632. The largest absolute Gasteiger partial charge is 0.493 e. The molecule has 2 fully saturated rings. The summed E-state index contributed by atoms with van der Waals surface area (Å²) in [5.41, 5.74) is 0. The molecular formula is C19H28N2O4S. The molecule has 0 atom stereocenters. The first-order valence-electron chi connectivity index (χ1n) is 9.35. The van der Waals surface area contributed by atoms with Crippen molar-refractivity contribution in [2.75, 3.05) is 39.0 Å². The summed E-state index contributed by atoms with van der Waals surface area (Å²) in [6.07, 6.45) is 4.41. The normalized spacial score (nSPS) is 20.9. The number of piperidine rings is 2. The number of sulfonamides is 1. The van der Waals surface area contributed by atoms with Crippen molar-refractivity contribution in [2.24, 2.45) is 11.8 Å². The Morgan fingerprint density at radius 2 is 1.65 bits per heavy atom. The summed E-state index contributed by atoms with van der Waals surface area (Å²) >= 11 is 0. The monoisotopic (exact) mass is 380 g/mol. The molecule has 2 aliphatic rings. The first-order chi connectivity index (χ1) is 12.4. The number of hydrogen-bond donors (Lipinski definition) is 0. The van der Waals surface area contributed by atoms with E-state index in [1.807, 2.05) is 35.2 Å². The van der Waals surface area contributed by atoms with E-state index in [2.05, 4.69) is 0 Å². The number of nitrogens with zero attached hydrogens (tertiary/aromatic N) is 2. The highest BCUT2D eigenvalue weighted by Gasteiger charge is 2.33. The Bertz CT molecular complexity index is 692. The molecule has 1 amide bonds. The van der Waals surface area contributed by atoms with Crippen LogP contribution in [-0.4, -0.2) is 62.6 Å². The van der Waals surface area contributed by atoms with Crippen LogP contribution in [0.5, 0.6) is 5.75 Å². The van der Waals surface area contributed by atoms with Gasteiger partial charge in [-0.15, -0.1) is 0 Å². The van der Waals surface area contributed by atoms with E-state index in [0.29, 0.717) is 38.5 Å². The third-order valence-corrected chi connectivity index (χ3v) is 6.73. The van der Waals surface area contributed by atoms with Crippen LogP contribution in [0.25, 0.3) is 0 Å². The van der Waals surface area contributed by atoms with E-state index in [9.17, 15) is 13.2 Å². The maximum atomic E-state index is 12.7. The van der Waals surface area contributed by atoms with Crippen molar-refractivity contribution < 1.29 is 17.9 Å². The zero-order chi connectivity index (χ0) is 18.6. The molecule has 144 valence electrons. The van der Waals surface area contributed by atoms with E-state index in [1.54, 1.807) is 0 Å². The summed E-state index contributed by atoms with van der Waals surface area (Å²) in [5, 5.41) is 0. The van der Waals surface area contributed by atoms with Crippen molar-refractivity contribution >= 4 is 15.9 Å². The molecule has 0 spiro atoms. The van der Waals surface area contributed by atoms with Crippen LogP contribution in [0.15, 0.2) is 30.3 Å². The van der Waals surface area contributed by atoms with Crippen LogP contribution in [0.4, 0.5) is 0 Å². The summed E-state index contributed by atoms with van der Waals surface area (Å²) in [5.74, 6) is 1.53. The molecule has 26 heavy (non-hydrogen) atoms. The second-order valence-corrected chi connectivity index (χ2v) is 9.31. The molecule has 0 aromatic heterocycles. The Hall–Kier alpha value is -1.60. The lowest BCUT2D eigenvalue weighted by Crippen LogP contribution is -2.46. The minimum Gasteiger partial charge on any atom is -0.493 e. The lowest BCUT2D eigenvalue weighted by Gasteiger charge is -2.36. The number of carbonyl (C=O) groups excluding carboxylic acids is 1. The highest BCUT2D eigenvalue weighted by Crippen LogP contribution is 2.25. The van der Waals surface area contributed by atoms with Crippen LogP contribution in [0.1, 0.15) is 25.7 Å². The molecule has 0 bridgehead atoms. The molecule has 0 saturated carbocycles. The Balaban J connectivity index is 1.41. The van der Waals surface area contributed by atoms with Crippen molar-refractivity contribution in [1.82, 2.24) is 9.21 Å². The van der Waals surface area contributed by atoms with Crippen LogP contribution in [0, 0.1) is 11.8 Å². The number of para-hydroxylation sites is 1. The van der Waals surface area contributed by atoms with Crippen molar-refractivity contribution in [3.05, 3.63) is 30.3 Å². The van der Waals surface area contributed by atoms with Gasteiger partial charge >= 0.3 is 0 Å². The van der Waals surface area contributed by atoms with Crippen LogP contribution < -0.4 is 4.74 Å². The van der Waals surface area contributed by atoms with E-state index in [1.165, 1.54) is 10.6 Å². The van der Waals surface area contributed by atoms with Gasteiger partial charge < -0.3 is 9.64 Å². The SMILES string of the molecule is CS(=O)(=O)N1CCC(C(=O)N2CCC(COc3ccccc3)CC2)CC1. The van der Waals surface area contributed by atoms with Gasteiger partial charge in [0.1, 0.15) is 5.75 Å². The van der Waals surface area contributed by atoms with Crippen LogP contribution in [0.2, 0.25) is 0 Å². The van der Waals surface area contributed by atoms with E-state index < -0.39 is 10.0 Å². The second-order valence-electron chi connectivity index (χ2n) is 7.33. The fourth-order valence-corrected chi connectivity index (χ4v) is 4.62. The van der Waals surface area contributed by atoms with Crippen LogP contribution in [0.3, 0.4) is 0 Å². The highest BCUT2D eigenvalue weighted by atomic mass is 32.2. The van der Waals surface area contributed by atoms with Gasteiger partial charge in [-0.2, -0.15) is 0 Å². The van der Waals surface area contributed by atoms with Gasteiger partial charge in [0.25, 0.3) is 0 Å². The Labute approximate surface area is 156 Å². The maximum absolute atomic E-state index is 12.7. The quantitative estimate of drug-likeness (QED) is 0.783. The number of benzene rings is 1. The summed E-state index contributed by atoms with van der Waals surface area (Å²) in [7, 11) is -3.14. The van der Waals surface area contributed by atoms with Crippen molar-refractivity contribution in [1.29, 1.82) is 0 Å². The first kappa shape index (κ1) is 19.2. The summed E-state index contributed by atoms with van der Waals surface area (Å²) in [4.78, 5) is 14.7. The predicted molar refractivity (Wildman–Crippen MR) is 100 cm³/mol. The van der Waals surface area contributed by atoms with Crippen molar-refractivity contribution in [3.8, 4) is 5.75 Å². The van der Waals surface area contributed by atoms with Gasteiger partial charge in [-0.1, -0.05) is 18.2 Å². The van der Waals surface area contributed by atoms with Crippen molar-refractivity contribution in [3.63, 3.8) is 0 Å². The predicted octanol–water partition coefficient (Wildman–Crippen LogP) is 1.98. The molecule has 1 aromatic carbocycles. The lowest BCUT2D eigenvalue weighted by molar-refractivity contribution is -0.138. The number of hydrogen-bond acceptors (Lipinski definition) is 4. The molecule has 3 rings (SSSR count). The third-order valence-electron chi connectivity index (χ3n) is 5.43. The molecule has 7 heteroatoms. The smallest absolute Gasteiger partial charge is 0.225 e. The van der Waals surface area contributed by atoms with E-state index in [4.69, 9.17) is 4.74 Å². The molecule has 0 aliphatic carbocycles. The average molecular weight is 381 g/mol. The molecule has 6 nitrogen and oxygen atoms in total. The zero-order valence-corrected chi connectivity index (χ0v) is 16.2. The van der Waals surface area contributed by atoms with E-state index in [-0.39, 0.29) is 11.8 Å². The Morgan fingerprint density at radius 1 is 1.04 bits per heavy atom. The first-order valence-corrected chi connectivity index (χ1v) is 11.2. The lowest BCUT2D eigenvalue weighted by atomic mass is 9.93. The zero-order valence-electron chi connectivity index (χ0n) is 15.3. The van der Waals surface area contributed by atoms with Gasteiger partial charge in [0.15, 0.2) is 0 Å². The van der Waals surface area contributed by atoms with Crippen LogP contribution in [-0.2, 0) is 14.8 Å². The molecule has 0 radical (unpaired) electrons. The van der Waals surface area contributed by atoms with Gasteiger partial charge in [0.05, 0.1) is 12.9 Å². The van der Waals surface area contributed by atoms with Gasteiger partial charge in [0.2, 0.25) is 15.9 Å². The molecule has 2 saturated heterocycles. The third kappa shape index (κ3) is 4.98. The molecular weight excluding hydrogens is 352 g/mol. The minimum atomic E-state index is -3.14. The topological polar surface area (TPSA) is 66.9 Å². The highest BCUT2D eigenvalue weighted by molar-refractivity contribution is 7.88. The number of amides is 1. The minimum absolute atomic E-state index is 0.0369. The van der Waals surface area contributed by atoms with Gasteiger partial charge in [-0.25, -0.2) is 12.7 Å². The molecule has 0 N–H and O–H groups in total. The second kappa shape index (κ2) is 8.39. The average Bonchev–Trinajstić information content (AvgIpc) is 2.66. The molecule has 2 heterocycles. The van der Waals surface area contributed by atoms with E-state index >= 15 is 0 Å². The van der Waals surface area contributed by atoms with E-state index in [0.717, 1.165) is 31.7 Å². The molecule has 2 aliphatic heterocycles. The summed E-state index contributed by atoms with van der Waals surface area (Å²) in [6, 6.07) is 9.82. The van der Waals surface area contributed by atoms with Crippen molar-refractivity contribution in [2.45, 2.75) is 25.7 Å². The fourth-order valence-electron chi connectivity index (χ4n) is 3.74. The van der Waals surface area contributed by atoms with Crippen LogP contribution >= 0.6 is 0 Å². The summed E-state index contributed by atoms with van der Waals surface area (Å²) < 4.78 is 30.5. The Kier molecular flexibility index (Phi) is 6.19. The van der Waals surface area contributed by atoms with Gasteiger partial charge in [-0.3, -0.25) is 4.79 Å². The van der Waals surface area contributed by atoms with Gasteiger partial charge in [0, 0.05) is 32.1 Å². The van der Waals surface area contributed by atoms with Gasteiger partial charge in [-0.05, 0) is 43.7 Å². The number of rotatable bonds is 5. The number of ether oxygens (including phenoxy) is 1. The number of likely N-dealkylation sites (tertiary alicyclic amines) is 1. The summed E-state index contributed by atoms with van der Waals surface area (Å²) in [6.45, 7) is 3.15. The molecule has 1 aromatic rings. The Morgan fingerprint density at radius 3 is 2.23 bits per heavy atom. The molecule has 0 unspecified atom stereocenters.